The molecule has 0 spiro atoms. The van der Waals surface area contributed by atoms with Gasteiger partial charge in [0.15, 0.2) is 0 Å². The summed E-state index contributed by atoms with van der Waals surface area (Å²) in [6.07, 6.45) is 3.19. The Labute approximate surface area is 162 Å². The van der Waals surface area contributed by atoms with E-state index in [0.717, 1.165) is 31.0 Å². The van der Waals surface area contributed by atoms with Gasteiger partial charge in [-0.25, -0.2) is 0 Å². The number of nitrogens with zero attached hydrogens (tertiary/aromatic N) is 3. The van der Waals surface area contributed by atoms with Crippen molar-refractivity contribution >= 4 is 23.4 Å². The number of nitro groups is 1. The Kier molecular flexibility index (Phi) is 7.78. The molecule has 2 aromatic rings. The Bertz CT molecular complexity index is 778. The molecule has 0 saturated carbocycles. The van der Waals surface area contributed by atoms with Gasteiger partial charge in [0.2, 0.25) is 11.8 Å². The zero-order valence-corrected chi connectivity index (χ0v) is 16.5. The van der Waals surface area contributed by atoms with Crippen LogP contribution in [0, 0.1) is 16.0 Å². The van der Waals surface area contributed by atoms with E-state index in [9.17, 15) is 14.9 Å². The van der Waals surface area contributed by atoms with Crippen LogP contribution in [0.5, 0.6) is 0 Å². The topological polar surface area (TPSA) is 111 Å². The molecule has 1 atom stereocenters. The van der Waals surface area contributed by atoms with Crippen LogP contribution >= 0.6 is 11.8 Å². The van der Waals surface area contributed by atoms with Crippen molar-refractivity contribution in [3.05, 3.63) is 34.4 Å². The normalized spacial score (nSPS) is 12.1. The molecule has 1 amide bonds. The third-order valence-electron chi connectivity index (χ3n) is 3.86. The highest BCUT2D eigenvalue weighted by Crippen LogP contribution is 2.25. The molecule has 0 fully saturated rings. The van der Waals surface area contributed by atoms with E-state index in [1.54, 1.807) is 12.1 Å². The number of hydrogen-bond donors (Lipinski definition) is 1. The predicted molar refractivity (Wildman–Crippen MR) is 103 cm³/mol. The van der Waals surface area contributed by atoms with Crippen LogP contribution in [0.15, 0.2) is 33.9 Å². The van der Waals surface area contributed by atoms with Gasteiger partial charge in [-0.3, -0.25) is 14.9 Å². The number of thioether (sulfide) groups is 1. The fourth-order valence-corrected chi connectivity index (χ4v) is 3.06. The summed E-state index contributed by atoms with van der Waals surface area (Å²) >= 11 is 1.14. The second-order valence-corrected chi connectivity index (χ2v) is 7.69. The van der Waals surface area contributed by atoms with Crippen LogP contribution in [0.1, 0.15) is 40.0 Å². The number of benzene rings is 1. The number of amides is 1. The average molecular weight is 392 g/mol. The van der Waals surface area contributed by atoms with E-state index in [1.807, 2.05) is 6.92 Å². The minimum absolute atomic E-state index is 0.0502. The molecule has 0 radical (unpaired) electrons. The van der Waals surface area contributed by atoms with E-state index in [1.165, 1.54) is 12.1 Å². The highest BCUT2D eigenvalue weighted by molar-refractivity contribution is 7.99. The van der Waals surface area contributed by atoms with Gasteiger partial charge in [0.25, 0.3) is 10.9 Å². The van der Waals surface area contributed by atoms with Crippen molar-refractivity contribution in [3.8, 4) is 11.5 Å². The Morgan fingerprint density at radius 3 is 2.78 bits per heavy atom. The first-order chi connectivity index (χ1) is 12.8. The van der Waals surface area contributed by atoms with Crippen molar-refractivity contribution in [2.75, 3.05) is 5.75 Å². The smallest absolute Gasteiger partial charge is 0.277 e. The van der Waals surface area contributed by atoms with E-state index < -0.39 is 4.92 Å². The molecular weight excluding hydrogens is 368 g/mol. The van der Waals surface area contributed by atoms with Crippen LogP contribution in [0.25, 0.3) is 11.5 Å². The molecule has 9 heteroatoms. The average Bonchev–Trinajstić information content (AvgIpc) is 3.09. The van der Waals surface area contributed by atoms with Gasteiger partial charge in [0.05, 0.1) is 10.7 Å². The zero-order valence-electron chi connectivity index (χ0n) is 15.7. The second kappa shape index (κ2) is 10.1. The summed E-state index contributed by atoms with van der Waals surface area (Å²) in [5, 5.41) is 21.8. The number of carbonyl (C=O) groups excluding carboxylic acids is 1. The largest absolute Gasteiger partial charge is 0.411 e. The molecule has 27 heavy (non-hydrogen) atoms. The maximum atomic E-state index is 12.0. The van der Waals surface area contributed by atoms with Crippen molar-refractivity contribution in [2.45, 2.75) is 51.3 Å². The molecule has 0 unspecified atom stereocenters. The van der Waals surface area contributed by atoms with E-state index in [0.29, 0.717) is 11.5 Å². The Morgan fingerprint density at radius 1 is 1.30 bits per heavy atom. The third kappa shape index (κ3) is 7.01. The van der Waals surface area contributed by atoms with Crippen LogP contribution in [0.4, 0.5) is 5.69 Å². The lowest BCUT2D eigenvalue weighted by Crippen LogP contribution is -2.33. The van der Waals surface area contributed by atoms with Gasteiger partial charge in [-0.1, -0.05) is 44.5 Å². The highest BCUT2D eigenvalue weighted by atomic mass is 32.2. The van der Waals surface area contributed by atoms with Gasteiger partial charge in [-0.2, -0.15) is 0 Å². The number of carbonyl (C=O) groups is 1. The first-order valence-corrected chi connectivity index (χ1v) is 9.84. The monoisotopic (exact) mass is 392 g/mol. The molecule has 0 aliphatic carbocycles. The number of hydrogen-bond acceptors (Lipinski definition) is 7. The minimum atomic E-state index is -0.484. The van der Waals surface area contributed by atoms with E-state index in [-0.39, 0.29) is 34.5 Å². The lowest BCUT2D eigenvalue weighted by molar-refractivity contribution is -0.384. The molecule has 0 bridgehead atoms. The van der Waals surface area contributed by atoms with Crippen molar-refractivity contribution in [3.63, 3.8) is 0 Å². The molecule has 1 aromatic carbocycles. The number of rotatable bonds is 10. The fourth-order valence-electron chi connectivity index (χ4n) is 2.49. The van der Waals surface area contributed by atoms with E-state index in [2.05, 4.69) is 29.4 Å². The van der Waals surface area contributed by atoms with Crippen LogP contribution in [0.3, 0.4) is 0 Å². The molecule has 0 aliphatic rings. The van der Waals surface area contributed by atoms with Gasteiger partial charge in [0, 0.05) is 23.7 Å². The number of nitrogens with one attached hydrogen (secondary N) is 1. The third-order valence-corrected chi connectivity index (χ3v) is 4.68. The summed E-state index contributed by atoms with van der Waals surface area (Å²) in [7, 11) is 0. The molecular formula is C18H24N4O4S. The maximum Gasteiger partial charge on any atom is 0.277 e. The van der Waals surface area contributed by atoms with Crippen molar-refractivity contribution < 1.29 is 14.1 Å². The molecule has 2 rings (SSSR count). The first kappa shape index (κ1) is 20.9. The van der Waals surface area contributed by atoms with Crippen LogP contribution in [-0.4, -0.2) is 32.8 Å². The fraction of sp³-hybridized carbons (Fsp3) is 0.500. The van der Waals surface area contributed by atoms with Gasteiger partial charge in [-0.05, 0) is 25.3 Å². The minimum Gasteiger partial charge on any atom is -0.411 e. The van der Waals surface area contributed by atoms with Crippen molar-refractivity contribution in [2.24, 2.45) is 5.92 Å². The Balaban J connectivity index is 1.83. The van der Waals surface area contributed by atoms with E-state index >= 15 is 0 Å². The molecule has 1 heterocycles. The Hall–Kier alpha value is -2.42. The quantitative estimate of drug-likeness (QED) is 0.368. The van der Waals surface area contributed by atoms with Crippen LogP contribution in [-0.2, 0) is 4.79 Å². The standard InChI is InChI=1S/C18H24N4O4S/c1-12(2)6-4-7-13(3)19-16(23)11-27-18-21-20-17(26-18)14-8-5-9-15(10-14)22(24)25/h5,8-10,12-13H,4,6-7,11H2,1-3H3,(H,19,23)/t13-/m1/s1. The summed E-state index contributed by atoms with van der Waals surface area (Å²) < 4.78 is 5.49. The summed E-state index contributed by atoms with van der Waals surface area (Å²) in [4.78, 5) is 22.4. The molecule has 1 N–H and O–H groups in total. The highest BCUT2D eigenvalue weighted by Gasteiger charge is 2.15. The second-order valence-electron chi connectivity index (χ2n) is 6.76. The molecule has 0 aliphatic heterocycles. The van der Waals surface area contributed by atoms with E-state index in [4.69, 9.17) is 4.42 Å². The number of aromatic nitrogens is 2. The lowest BCUT2D eigenvalue weighted by Gasteiger charge is -2.14. The number of nitro benzene ring substituents is 1. The SMILES string of the molecule is CC(C)CCC[C@@H](C)NC(=O)CSc1nnc(-c2cccc([N+](=O)[O-])c2)o1. The molecule has 1 aromatic heterocycles. The summed E-state index contributed by atoms with van der Waals surface area (Å²) in [6.45, 7) is 6.37. The summed E-state index contributed by atoms with van der Waals surface area (Å²) in [6, 6.07) is 6.09. The number of non-ortho nitro benzene ring substituents is 1. The van der Waals surface area contributed by atoms with Gasteiger partial charge in [-0.15, -0.1) is 10.2 Å². The molecule has 146 valence electrons. The van der Waals surface area contributed by atoms with Gasteiger partial charge < -0.3 is 9.73 Å². The summed E-state index contributed by atoms with van der Waals surface area (Å²) in [5.41, 5.74) is 0.414. The van der Waals surface area contributed by atoms with Crippen LogP contribution < -0.4 is 5.32 Å². The molecule has 8 nitrogen and oxygen atoms in total. The Morgan fingerprint density at radius 2 is 2.07 bits per heavy atom. The first-order valence-electron chi connectivity index (χ1n) is 8.85. The van der Waals surface area contributed by atoms with Gasteiger partial charge in [0.1, 0.15) is 0 Å². The predicted octanol–water partition coefficient (Wildman–Crippen LogP) is 4.07. The molecule has 0 saturated heterocycles. The lowest BCUT2D eigenvalue weighted by atomic mass is 10.0. The maximum absolute atomic E-state index is 12.0. The van der Waals surface area contributed by atoms with Crippen LogP contribution in [0.2, 0.25) is 0 Å². The zero-order chi connectivity index (χ0) is 19.8. The van der Waals surface area contributed by atoms with Crippen molar-refractivity contribution in [1.29, 1.82) is 0 Å². The van der Waals surface area contributed by atoms with Gasteiger partial charge >= 0.3 is 0 Å². The van der Waals surface area contributed by atoms with Crippen molar-refractivity contribution in [1.82, 2.24) is 15.5 Å². The summed E-state index contributed by atoms with van der Waals surface area (Å²) in [5.74, 6) is 0.933.